The molecule has 1 N–H and O–H groups in total. The Hall–Kier alpha value is -2.94. The van der Waals surface area contributed by atoms with E-state index < -0.39 is 23.2 Å². The molecule has 200 valence electrons. The lowest BCUT2D eigenvalue weighted by Gasteiger charge is -2.43. The van der Waals surface area contributed by atoms with Crippen LogP contribution in [0.3, 0.4) is 0 Å². The first-order chi connectivity index (χ1) is 18.5. The first kappa shape index (κ1) is 25.3. The molecule has 0 radical (unpaired) electrons. The molecule has 2 fully saturated rings. The molecule has 0 bridgehead atoms. The Balaban J connectivity index is 1.34. The summed E-state index contributed by atoms with van der Waals surface area (Å²) in [6.45, 7) is 2.39. The summed E-state index contributed by atoms with van der Waals surface area (Å²) in [5.74, 6) is -2.32. The minimum Gasteiger partial charge on any atom is -0.385 e. The normalized spacial score (nSPS) is 22.7. The molecule has 3 heterocycles. The fraction of sp³-hybridized carbons (Fsp3) is 0.467. The predicted octanol–water partition coefficient (Wildman–Crippen LogP) is 4.62. The summed E-state index contributed by atoms with van der Waals surface area (Å²) < 4.78 is 39.9. The van der Waals surface area contributed by atoms with Gasteiger partial charge in [0.15, 0.2) is 11.6 Å². The molecule has 8 heteroatoms. The maximum Gasteiger partial charge on any atom is 0.230 e. The highest BCUT2D eigenvalue weighted by Crippen LogP contribution is 2.48. The second-order valence-electron chi connectivity index (χ2n) is 10.7. The largest absolute Gasteiger partial charge is 0.385 e. The first-order valence-corrected chi connectivity index (χ1v) is 13.5. The number of benzene rings is 2. The minimum absolute atomic E-state index is 0.000825. The number of pyridine rings is 1. The van der Waals surface area contributed by atoms with Gasteiger partial charge in [-0.25, -0.2) is 8.78 Å². The lowest BCUT2D eigenvalue weighted by Crippen LogP contribution is -2.55. The van der Waals surface area contributed by atoms with E-state index in [4.69, 9.17) is 14.5 Å². The number of aromatic nitrogens is 1. The van der Waals surface area contributed by atoms with Gasteiger partial charge in [-0.05, 0) is 79.6 Å². The summed E-state index contributed by atoms with van der Waals surface area (Å²) in [7, 11) is 1.70. The predicted molar refractivity (Wildman–Crippen MR) is 139 cm³/mol. The smallest absolute Gasteiger partial charge is 0.230 e. The van der Waals surface area contributed by atoms with E-state index >= 15 is 0 Å². The fourth-order valence-electron chi connectivity index (χ4n) is 6.15. The molecule has 38 heavy (non-hydrogen) atoms. The topological polar surface area (TPSA) is 63.7 Å². The zero-order chi connectivity index (χ0) is 26.3. The summed E-state index contributed by atoms with van der Waals surface area (Å²) in [6.07, 6.45) is 4.11. The Morgan fingerprint density at radius 2 is 2.03 bits per heavy atom. The molecule has 2 aliphatic heterocycles. The molecule has 1 saturated heterocycles. The van der Waals surface area contributed by atoms with Crippen molar-refractivity contribution < 1.29 is 23.0 Å². The van der Waals surface area contributed by atoms with Crippen molar-refractivity contribution >= 4 is 16.8 Å². The van der Waals surface area contributed by atoms with Gasteiger partial charge < -0.3 is 19.7 Å². The number of carbonyl (C=O) groups excluding carboxylic acids is 1. The second kappa shape index (κ2) is 10.3. The number of para-hydroxylation sites is 1. The molecule has 3 aromatic rings. The molecule has 6 nitrogen and oxygen atoms in total. The Morgan fingerprint density at radius 1 is 1.21 bits per heavy atom. The molecule has 0 unspecified atom stereocenters. The van der Waals surface area contributed by atoms with Crippen LogP contribution in [-0.4, -0.2) is 48.6 Å². The van der Waals surface area contributed by atoms with Gasteiger partial charge in [-0.3, -0.25) is 9.78 Å². The van der Waals surface area contributed by atoms with Gasteiger partial charge in [-0.15, -0.1) is 0 Å². The van der Waals surface area contributed by atoms with Gasteiger partial charge >= 0.3 is 0 Å². The van der Waals surface area contributed by atoms with Gasteiger partial charge in [0, 0.05) is 43.9 Å². The molecular weight excluding hydrogens is 488 g/mol. The summed E-state index contributed by atoms with van der Waals surface area (Å²) >= 11 is 0. The van der Waals surface area contributed by atoms with Crippen molar-refractivity contribution in [3.05, 3.63) is 76.5 Å². The van der Waals surface area contributed by atoms with Gasteiger partial charge in [0.25, 0.3) is 0 Å². The molecule has 1 saturated carbocycles. The second-order valence-corrected chi connectivity index (χ2v) is 10.7. The number of halogens is 2. The van der Waals surface area contributed by atoms with Crippen molar-refractivity contribution in [3.63, 3.8) is 0 Å². The van der Waals surface area contributed by atoms with Crippen LogP contribution in [-0.2, 0) is 39.4 Å². The number of nitrogens with zero attached hydrogens (tertiary/aromatic N) is 2. The van der Waals surface area contributed by atoms with Crippen molar-refractivity contribution in [1.29, 1.82) is 0 Å². The lowest BCUT2D eigenvalue weighted by atomic mass is 9.75. The molecule has 2 atom stereocenters. The van der Waals surface area contributed by atoms with E-state index in [1.807, 2.05) is 23.1 Å². The Kier molecular flexibility index (Phi) is 6.88. The quantitative estimate of drug-likeness (QED) is 0.439. The van der Waals surface area contributed by atoms with Crippen LogP contribution >= 0.6 is 0 Å². The molecule has 3 aliphatic rings. The van der Waals surface area contributed by atoms with E-state index in [1.54, 1.807) is 7.11 Å². The van der Waals surface area contributed by atoms with E-state index in [2.05, 4.69) is 17.4 Å². The van der Waals surface area contributed by atoms with Crippen LogP contribution in [0.5, 0.6) is 0 Å². The number of aryl methyl sites for hydroxylation is 1. The maximum absolute atomic E-state index is 14.4. The van der Waals surface area contributed by atoms with Gasteiger partial charge in [0.05, 0.1) is 18.0 Å². The third-order valence-electron chi connectivity index (χ3n) is 8.22. The number of ether oxygens (including phenoxy) is 2. The van der Waals surface area contributed by atoms with Crippen LogP contribution in [0.2, 0.25) is 0 Å². The van der Waals surface area contributed by atoms with Crippen LogP contribution in [0, 0.1) is 17.6 Å². The number of methoxy groups -OCH3 is 1. The summed E-state index contributed by atoms with van der Waals surface area (Å²) in [5, 5.41) is 4.39. The van der Waals surface area contributed by atoms with Gasteiger partial charge in [-0.1, -0.05) is 18.2 Å². The molecule has 1 amide bonds. The van der Waals surface area contributed by atoms with Crippen molar-refractivity contribution in [2.24, 2.45) is 5.92 Å². The first-order valence-electron chi connectivity index (χ1n) is 13.5. The maximum atomic E-state index is 14.4. The number of hydrogen-bond donors (Lipinski definition) is 1. The Morgan fingerprint density at radius 3 is 2.84 bits per heavy atom. The summed E-state index contributed by atoms with van der Waals surface area (Å²) in [6, 6.07) is 12.8. The zero-order valence-corrected chi connectivity index (χ0v) is 21.6. The standard InChI is InChI=1S/C30H33F2N3O3/c1-37-12-4-5-21-13-19(23-6-2-3-7-28(23)34-21)17-35(22-8-9-22)29(36)25-16-33-11-10-30(25)24-15-27(32)26(31)14-20(24)18-38-30/h2-3,6-7,13-15,22,25,33H,4-5,8-12,16-18H2,1H3/t25-,30+/m1/s1. The van der Waals surface area contributed by atoms with E-state index in [9.17, 15) is 13.6 Å². The van der Waals surface area contributed by atoms with Crippen molar-refractivity contribution in [3.8, 4) is 0 Å². The van der Waals surface area contributed by atoms with Crippen LogP contribution in [0.1, 0.15) is 48.1 Å². The molecule has 1 aromatic heterocycles. The summed E-state index contributed by atoms with van der Waals surface area (Å²) in [4.78, 5) is 21.2. The molecule has 1 aliphatic carbocycles. The molecule has 1 spiro atoms. The summed E-state index contributed by atoms with van der Waals surface area (Å²) in [5.41, 5.74) is 3.26. The SMILES string of the molecule is COCCCc1cc(CN(C(=O)[C@H]2CNCC[C@@]23OCc2cc(F)c(F)cc23)C2CC2)c2ccccc2n1. The van der Waals surface area contributed by atoms with Crippen LogP contribution < -0.4 is 5.32 Å². The number of fused-ring (bicyclic) bond motifs is 3. The van der Waals surface area contributed by atoms with Crippen LogP contribution in [0.15, 0.2) is 42.5 Å². The number of hydrogen-bond acceptors (Lipinski definition) is 5. The average Bonchev–Trinajstić information content (AvgIpc) is 3.72. The lowest BCUT2D eigenvalue weighted by molar-refractivity contribution is -0.157. The third kappa shape index (κ3) is 4.59. The monoisotopic (exact) mass is 521 g/mol. The van der Waals surface area contributed by atoms with E-state index in [-0.39, 0.29) is 18.6 Å². The van der Waals surface area contributed by atoms with Gasteiger partial charge in [0.1, 0.15) is 5.60 Å². The zero-order valence-electron chi connectivity index (χ0n) is 21.6. The van der Waals surface area contributed by atoms with Crippen LogP contribution in [0.4, 0.5) is 8.78 Å². The molecule has 2 aromatic carbocycles. The van der Waals surface area contributed by atoms with Gasteiger partial charge in [-0.2, -0.15) is 0 Å². The van der Waals surface area contributed by atoms with Crippen molar-refractivity contribution in [2.45, 2.75) is 56.9 Å². The van der Waals surface area contributed by atoms with Gasteiger partial charge in [0.2, 0.25) is 5.91 Å². The fourth-order valence-corrected chi connectivity index (χ4v) is 6.15. The number of amides is 1. The average molecular weight is 522 g/mol. The Labute approximate surface area is 221 Å². The number of carbonyl (C=O) groups is 1. The van der Waals surface area contributed by atoms with Crippen molar-refractivity contribution in [2.75, 3.05) is 26.8 Å². The Bertz CT molecular complexity index is 1360. The molecule has 6 rings (SSSR count). The highest BCUT2D eigenvalue weighted by molar-refractivity contribution is 5.85. The number of rotatable bonds is 8. The molecular formula is C30H33F2N3O3. The highest BCUT2D eigenvalue weighted by Gasteiger charge is 2.53. The third-order valence-corrected chi connectivity index (χ3v) is 8.22. The number of nitrogens with one attached hydrogen (secondary N) is 1. The van der Waals surface area contributed by atoms with Crippen molar-refractivity contribution in [1.82, 2.24) is 15.2 Å². The minimum atomic E-state index is -0.953. The van der Waals surface area contributed by atoms with E-state index in [0.29, 0.717) is 43.8 Å². The van der Waals surface area contributed by atoms with E-state index in [1.165, 1.54) is 12.1 Å². The van der Waals surface area contributed by atoms with Crippen LogP contribution in [0.25, 0.3) is 10.9 Å². The van der Waals surface area contributed by atoms with E-state index in [0.717, 1.165) is 47.8 Å². The number of piperidine rings is 1. The highest BCUT2D eigenvalue weighted by atomic mass is 19.2.